The monoisotopic (exact) mass is 235 g/mol. The number of nitrogen functional groups attached to an aromatic ring is 1. The molecule has 1 aromatic heterocycles. The van der Waals surface area contributed by atoms with Gasteiger partial charge in [-0.15, -0.1) is 0 Å². The van der Waals surface area contributed by atoms with Crippen LogP contribution in [0.15, 0.2) is 24.4 Å². The van der Waals surface area contributed by atoms with Crippen LogP contribution in [0.4, 0.5) is 15.8 Å². The van der Waals surface area contributed by atoms with E-state index in [1.807, 2.05) is 0 Å². The number of benzene rings is 1. The number of halogens is 1. The maximum Gasteiger partial charge on any atom is 0.150 e. The van der Waals surface area contributed by atoms with E-state index in [0.717, 1.165) is 5.39 Å². The van der Waals surface area contributed by atoms with Gasteiger partial charge in [0.15, 0.2) is 5.82 Å². The SMILES string of the molecule is Nc1cc(F)c(NCCCO)c2ncccc12. The average molecular weight is 235 g/mol. The molecule has 0 fully saturated rings. The molecule has 0 amide bonds. The Kier molecular flexibility index (Phi) is 3.39. The predicted octanol–water partition coefficient (Wildman–Crippen LogP) is 1.75. The first-order valence-electron chi connectivity index (χ1n) is 5.41. The first kappa shape index (κ1) is 11.6. The third-order valence-corrected chi connectivity index (χ3v) is 2.51. The molecule has 0 unspecified atom stereocenters. The summed E-state index contributed by atoms with van der Waals surface area (Å²) in [5.41, 5.74) is 6.96. The van der Waals surface area contributed by atoms with Crippen LogP contribution in [0.5, 0.6) is 0 Å². The van der Waals surface area contributed by atoms with Gasteiger partial charge in [-0.05, 0) is 24.6 Å². The van der Waals surface area contributed by atoms with Crippen molar-refractivity contribution >= 4 is 22.3 Å². The van der Waals surface area contributed by atoms with Gasteiger partial charge in [0.05, 0.1) is 11.2 Å². The highest BCUT2D eigenvalue weighted by Gasteiger charge is 2.10. The molecule has 0 radical (unpaired) electrons. The number of rotatable bonds is 4. The van der Waals surface area contributed by atoms with Crippen molar-refractivity contribution in [2.45, 2.75) is 6.42 Å². The zero-order valence-corrected chi connectivity index (χ0v) is 9.28. The zero-order chi connectivity index (χ0) is 12.3. The van der Waals surface area contributed by atoms with Crippen LogP contribution in [0.3, 0.4) is 0 Å². The minimum Gasteiger partial charge on any atom is -0.398 e. The smallest absolute Gasteiger partial charge is 0.150 e. The number of hydrogen-bond donors (Lipinski definition) is 3. The Labute approximate surface area is 98.3 Å². The van der Waals surface area contributed by atoms with Crippen LogP contribution < -0.4 is 11.1 Å². The summed E-state index contributed by atoms with van der Waals surface area (Å²) < 4.78 is 13.8. The van der Waals surface area contributed by atoms with Gasteiger partial charge >= 0.3 is 0 Å². The van der Waals surface area contributed by atoms with E-state index in [4.69, 9.17) is 10.8 Å². The van der Waals surface area contributed by atoms with Crippen molar-refractivity contribution in [3.63, 3.8) is 0 Å². The number of nitrogens with zero attached hydrogens (tertiary/aromatic N) is 1. The van der Waals surface area contributed by atoms with Gasteiger partial charge in [0, 0.05) is 30.4 Å². The van der Waals surface area contributed by atoms with Gasteiger partial charge < -0.3 is 16.2 Å². The van der Waals surface area contributed by atoms with Crippen LogP contribution >= 0.6 is 0 Å². The largest absolute Gasteiger partial charge is 0.398 e. The summed E-state index contributed by atoms with van der Waals surface area (Å²) >= 11 is 0. The van der Waals surface area contributed by atoms with Crippen molar-refractivity contribution in [3.8, 4) is 0 Å². The van der Waals surface area contributed by atoms with E-state index in [1.54, 1.807) is 18.3 Å². The molecule has 4 N–H and O–H groups in total. The fourth-order valence-electron chi connectivity index (χ4n) is 1.70. The number of fused-ring (bicyclic) bond motifs is 1. The van der Waals surface area contributed by atoms with Crippen LogP contribution in [0.25, 0.3) is 10.9 Å². The molecule has 0 atom stereocenters. The summed E-state index contributed by atoms with van der Waals surface area (Å²) in [6, 6.07) is 4.84. The quantitative estimate of drug-likeness (QED) is 0.557. The third-order valence-electron chi connectivity index (χ3n) is 2.51. The fourth-order valence-corrected chi connectivity index (χ4v) is 1.70. The van der Waals surface area contributed by atoms with Crippen molar-refractivity contribution in [1.29, 1.82) is 0 Å². The van der Waals surface area contributed by atoms with Gasteiger partial charge in [-0.3, -0.25) is 4.98 Å². The molecule has 2 rings (SSSR count). The van der Waals surface area contributed by atoms with E-state index in [2.05, 4.69) is 10.3 Å². The summed E-state index contributed by atoms with van der Waals surface area (Å²) in [5, 5.41) is 12.4. The van der Waals surface area contributed by atoms with Crippen LogP contribution in [0, 0.1) is 5.82 Å². The highest BCUT2D eigenvalue weighted by molar-refractivity contribution is 5.98. The molecular weight excluding hydrogens is 221 g/mol. The Bertz CT molecular complexity index is 530. The van der Waals surface area contributed by atoms with E-state index in [1.165, 1.54) is 6.07 Å². The second-order valence-electron chi connectivity index (χ2n) is 3.73. The number of aromatic nitrogens is 1. The average Bonchev–Trinajstić information content (AvgIpc) is 2.33. The van der Waals surface area contributed by atoms with E-state index in [-0.39, 0.29) is 6.61 Å². The molecule has 1 heterocycles. The van der Waals surface area contributed by atoms with Crippen LogP contribution in [-0.2, 0) is 0 Å². The number of nitrogens with one attached hydrogen (secondary N) is 1. The van der Waals surface area contributed by atoms with Gasteiger partial charge in [-0.1, -0.05) is 0 Å². The Morgan fingerprint density at radius 1 is 1.47 bits per heavy atom. The summed E-state index contributed by atoms with van der Waals surface area (Å²) in [6.07, 6.45) is 2.15. The fraction of sp³-hybridized carbons (Fsp3) is 0.250. The molecule has 0 saturated heterocycles. The molecule has 0 aliphatic heterocycles. The van der Waals surface area contributed by atoms with Crippen molar-refractivity contribution < 1.29 is 9.50 Å². The molecule has 17 heavy (non-hydrogen) atoms. The lowest BCUT2D eigenvalue weighted by Gasteiger charge is -2.11. The maximum atomic E-state index is 13.8. The number of pyridine rings is 1. The molecule has 4 nitrogen and oxygen atoms in total. The highest BCUT2D eigenvalue weighted by Crippen LogP contribution is 2.29. The van der Waals surface area contributed by atoms with Crippen molar-refractivity contribution in [3.05, 3.63) is 30.2 Å². The van der Waals surface area contributed by atoms with E-state index < -0.39 is 5.82 Å². The first-order valence-corrected chi connectivity index (χ1v) is 5.41. The Morgan fingerprint density at radius 3 is 3.06 bits per heavy atom. The Balaban J connectivity index is 2.46. The van der Waals surface area contributed by atoms with Gasteiger partial charge in [0.25, 0.3) is 0 Å². The van der Waals surface area contributed by atoms with E-state index in [0.29, 0.717) is 29.9 Å². The minimum atomic E-state index is -0.424. The van der Waals surface area contributed by atoms with Gasteiger partial charge in [0.1, 0.15) is 0 Å². The lowest BCUT2D eigenvalue weighted by molar-refractivity contribution is 0.292. The highest BCUT2D eigenvalue weighted by atomic mass is 19.1. The summed E-state index contributed by atoms with van der Waals surface area (Å²) in [4.78, 5) is 4.14. The van der Waals surface area contributed by atoms with Crippen molar-refractivity contribution in [1.82, 2.24) is 4.98 Å². The molecule has 0 aliphatic carbocycles. The normalized spacial score (nSPS) is 10.7. The van der Waals surface area contributed by atoms with E-state index >= 15 is 0 Å². The topological polar surface area (TPSA) is 71.2 Å². The lowest BCUT2D eigenvalue weighted by atomic mass is 10.1. The molecule has 90 valence electrons. The van der Waals surface area contributed by atoms with Gasteiger partial charge in [-0.25, -0.2) is 4.39 Å². The van der Waals surface area contributed by atoms with Crippen molar-refractivity contribution in [2.24, 2.45) is 0 Å². The summed E-state index contributed by atoms with van der Waals surface area (Å²) in [7, 11) is 0. The Hall–Kier alpha value is -1.88. The molecule has 0 bridgehead atoms. The molecule has 0 aliphatic rings. The molecular formula is C12H14FN3O. The number of anilines is 2. The number of aliphatic hydroxyl groups is 1. The minimum absolute atomic E-state index is 0.0644. The first-order chi connectivity index (χ1) is 8.24. The second-order valence-corrected chi connectivity index (χ2v) is 3.73. The standard InChI is InChI=1S/C12H14FN3O/c13-9-7-10(14)8-3-1-4-15-11(8)12(9)16-5-2-6-17/h1,3-4,7,16-17H,2,5-6,14H2. The molecule has 0 saturated carbocycles. The number of nitrogens with two attached hydrogens (primary N) is 1. The lowest BCUT2D eigenvalue weighted by Crippen LogP contribution is -2.07. The van der Waals surface area contributed by atoms with Crippen molar-refractivity contribution in [2.75, 3.05) is 24.2 Å². The zero-order valence-electron chi connectivity index (χ0n) is 9.28. The van der Waals surface area contributed by atoms with Gasteiger partial charge in [-0.2, -0.15) is 0 Å². The molecule has 5 heteroatoms. The summed E-state index contributed by atoms with van der Waals surface area (Å²) in [5.74, 6) is -0.424. The number of hydrogen-bond acceptors (Lipinski definition) is 4. The van der Waals surface area contributed by atoms with Crippen LogP contribution in [0.1, 0.15) is 6.42 Å². The van der Waals surface area contributed by atoms with Gasteiger partial charge in [0.2, 0.25) is 0 Å². The molecule has 0 spiro atoms. The Morgan fingerprint density at radius 2 is 2.29 bits per heavy atom. The van der Waals surface area contributed by atoms with E-state index in [9.17, 15) is 4.39 Å². The molecule has 1 aromatic carbocycles. The van der Waals surface area contributed by atoms with Crippen LogP contribution in [0.2, 0.25) is 0 Å². The van der Waals surface area contributed by atoms with Crippen LogP contribution in [-0.4, -0.2) is 23.2 Å². The predicted molar refractivity (Wildman–Crippen MR) is 66.3 cm³/mol. The maximum absolute atomic E-state index is 13.8. The third kappa shape index (κ3) is 2.29. The summed E-state index contributed by atoms with van der Waals surface area (Å²) in [6.45, 7) is 0.554. The molecule has 2 aromatic rings. The number of aliphatic hydroxyl groups excluding tert-OH is 1. The second kappa shape index (κ2) is 4.97.